The normalized spacial score (nSPS) is 11.6. The Morgan fingerprint density at radius 3 is 2.96 bits per heavy atom. The van der Waals surface area contributed by atoms with Gasteiger partial charge in [0.2, 0.25) is 5.82 Å². The Hall–Kier alpha value is -1.83. The second-order valence-electron chi connectivity index (χ2n) is 4.86. The maximum Gasteiger partial charge on any atom is 0.269 e. The van der Waals surface area contributed by atoms with E-state index in [2.05, 4.69) is 26.1 Å². The van der Waals surface area contributed by atoms with E-state index < -0.39 is 0 Å². The topological polar surface area (TPSA) is 57.4 Å². The monoisotopic (exact) mass is 440 g/mol. The molecule has 25 heavy (non-hydrogen) atoms. The molecule has 0 unspecified atom stereocenters. The summed E-state index contributed by atoms with van der Waals surface area (Å²) in [4.78, 5) is 5.25. The molecular weight excluding hydrogens is 428 g/mol. The van der Waals surface area contributed by atoms with Crippen LogP contribution in [0.4, 0.5) is 0 Å². The van der Waals surface area contributed by atoms with Gasteiger partial charge in [0.25, 0.3) is 5.89 Å². The Kier molecular flexibility index (Phi) is 5.78. The molecule has 3 rings (SSSR count). The molecular formula is C17H14BrClN2O3S. The Bertz CT molecular complexity index is 893. The molecule has 0 fully saturated rings. The molecule has 0 bridgehead atoms. The van der Waals surface area contributed by atoms with Crippen molar-refractivity contribution in [3.63, 3.8) is 0 Å². The summed E-state index contributed by atoms with van der Waals surface area (Å²) in [5.41, 5.74) is 0.813. The van der Waals surface area contributed by atoms with E-state index in [0.717, 1.165) is 14.9 Å². The van der Waals surface area contributed by atoms with Gasteiger partial charge in [0, 0.05) is 0 Å². The second-order valence-corrected chi connectivity index (χ2v) is 7.07. The summed E-state index contributed by atoms with van der Waals surface area (Å²) in [6.45, 7) is 2.45. The number of halogens is 2. The first-order valence-electron chi connectivity index (χ1n) is 7.37. The van der Waals surface area contributed by atoms with Crippen LogP contribution in [0.3, 0.4) is 0 Å². The fourth-order valence-electron chi connectivity index (χ4n) is 2.14. The van der Waals surface area contributed by atoms with Crippen molar-refractivity contribution < 1.29 is 14.0 Å². The summed E-state index contributed by atoms with van der Waals surface area (Å²) in [6.07, 6.45) is 1.73. The average molecular weight is 442 g/mol. The fourth-order valence-corrected chi connectivity index (χ4v) is 3.57. The van der Waals surface area contributed by atoms with Crippen molar-refractivity contribution in [1.29, 1.82) is 0 Å². The van der Waals surface area contributed by atoms with Crippen LogP contribution in [-0.2, 0) is 0 Å². The smallest absolute Gasteiger partial charge is 0.269 e. The zero-order chi connectivity index (χ0) is 17.8. The van der Waals surface area contributed by atoms with Gasteiger partial charge in [0.05, 0.1) is 23.1 Å². The van der Waals surface area contributed by atoms with Crippen LogP contribution < -0.4 is 9.47 Å². The van der Waals surface area contributed by atoms with Crippen LogP contribution in [0.2, 0.25) is 0 Å². The van der Waals surface area contributed by atoms with Crippen molar-refractivity contribution in [1.82, 2.24) is 10.1 Å². The zero-order valence-electron chi connectivity index (χ0n) is 13.5. The molecule has 0 N–H and O–H groups in total. The molecule has 3 aromatic rings. The maximum absolute atomic E-state index is 6.35. The van der Waals surface area contributed by atoms with Gasteiger partial charge in [-0.2, -0.15) is 4.98 Å². The largest absolute Gasteiger partial charge is 0.493 e. The van der Waals surface area contributed by atoms with E-state index in [9.17, 15) is 0 Å². The number of methoxy groups -OCH3 is 1. The lowest BCUT2D eigenvalue weighted by Gasteiger charge is -2.12. The number of benzene rings is 1. The Labute approximate surface area is 162 Å². The number of nitrogens with zero attached hydrogens (tertiary/aromatic N) is 2. The van der Waals surface area contributed by atoms with Gasteiger partial charge in [-0.15, -0.1) is 11.3 Å². The maximum atomic E-state index is 6.35. The zero-order valence-corrected chi connectivity index (χ0v) is 16.6. The summed E-state index contributed by atoms with van der Waals surface area (Å²) >= 11 is 11.4. The van der Waals surface area contributed by atoms with Crippen molar-refractivity contribution in [3.05, 3.63) is 45.6 Å². The van der Waals surface area contributed by atoms with E-state index >= 15 is 0 Å². The van der Waals surface area contributed by atoms with Crippen LogP contribution in [0, 0.1) is 0 Å². The highest BCUT2D eigenvalue weighted by Gasteiger charge is 2.14. The molecule has 0 aliphatic rings. The molecule has 0 radical (unpaired) electrons. The number of thiophene rings is 1. The molecule has 0 atom stereocenters. The summed E-state index contributed by atoms with van der Waals surface area (Å²) in [5, 5.41) is 6.25. The Balaban J connectivity index is 1.91. The highest BCUT2D eigenvalue weighted by molar-refractivity contribution is 9.10. The van der Waals surface area contributed by atoms with Crippen molar-refractivity contribution in [2.24, 2.45) is 0 Å². The lowest BCUT2D eigenvalue weighted by atomic mass is 10.2. The van der Waals surface area contributed by atoms with E-state index in [1.807, 2.05) is 36.6 Å². The fraction of sp³-hybridized carbons (Fsp3) is 0.176. The summed E-state index contributed by atoms with van der Waals surface area (Å²) in [6, 6.07) is 7.56. The van der Waals surface area contributed by atoms with Gasteiger partial charge in [-0.1, -0.05) is 22.8 Å². The average Bonchev–Trinajstić information content (AvgIpc) is 3.28. The van der Waals surface area contributed by atoms with Crippen LogP contribution in [0.25, 0.3) is 21.8 Å². The van der Waals surface area contributed by atoms with Crippen molar-refractivity contribution in [3.8, 4) is 22.2 Å². The summed E-state index contributed by atoms with van der Waals surface area (Å²) in [5.74, 6) is 2.03. The van der Waals surface area contributed by atoms with Crippen LogP contribution in [0.5, 0.6) is 11.5 Å². The van der Waals surface area contributed by atoms with Gasteiger partial charge in [-0.25, -0.2) is 0 Å². The molecule has 8 heteroatoms. The number of rotatable bonds is 6. The summed E-state index contributed by atoms with van der Waals surface area (Å²) in [7, 11) is 1.59. The van der Waals surface area contributed by atoms with E-state index in [4.69, 9.17) is 25.6 Å². The first-order valence-corrected chi connectivity index (χ1v) is 9.43. The lowest BCUT2D eigenvalue weighted by molar-refractivity contribution is 0.309. The van der Waals surface area contributed by atoms with Crippen molar-refractivity contribution in [2.75, 3.05) is 13.7 Å². The molecule has 0 saturated carbocycles. The standard InChI is InChI=1S/C17H14BrClN2O3S/c1-3-23-15-11(18)7-10(9-13(15)22-2)8-12(19)17-20-16(21-24-17)14-5-4-6-25-14/h4-9H,3H2,1-2H3/b12-8-. The molecule has 0 aliphatic carbocycles. The molecule has 1 aromatic carbocycles. The SMILES string of the molecule is CCOc1c(Br)cc(/C=C(\Cl)c2nc(-c3cccs3)no2)cc1OC. The first-order chi connectivity index (χ1) is 12.1. The van der Waals surface area contributed by atoms with Gasteiger partial charge >= 0.3 is 0 Å². The highest BCUT2D eigenvalue weighted by atomic mass is 79.9. The van der Waals surface area contributed by atoms with E-state index in [1.54, 1.807) is 13.2 Å². The van der Waals surface area contributed by atoms with Crippen molar-refractivity contribution >= 4 is 50.0 Å². The molecule has 5 nitrogen and oxygen atoms in total. The quantitative estimate of drug-likeness (QED) is 0.491. The number of aromatic nitrogens is 2. The minimum atomic E-state index is 0.258. The second kappa shape index (κ2) is 8.03. The van der Waals surface area contributed by atoms with Crippen molar-refractivity contribution in [2.45, 2.75) is 6.92 Å². The third kappa shape index (κ3) is 4.05. The number of hydrogen-bond donors (Lipinski definition) is 0. The summed E-state index contributed by atoms with van der Waals surface area (Å²) < 4.78 is 17.0. The predicted octanol–water partition coefficient (Wildman–Crippen LogP) is 5.70. The van der Waals surface area contributed by atoms with Gasteiger partial charge in [-0.05, 0) is 58.1 Å². The van der Waals surface area contributed by atoms with E-state index in [1.165, 1.54) is 11.3 Å². The third-order valence-corrected chi connectivity index (χ3v) is 4.93. The molecule has 0 spiro atoms. The van der Waals surface area contributed by atoms with E-state index in [0.29, 0.717) is 29.0 Å². The predicted molar refractivity (Wildman–Crippen MR) is 103 cm³/mol. The molecule has 130 valence electrons. The minimum Gasteiger partial charge on any atom is -0.493 e. The lowest BCUT2D eigenvalue weighted by Crippen LogP contribution is -1.97. The van der Waals surface area contributed by atoms with Crippen LogP contribution >= 0.6 is 38.9 Å². The van der Waals surface area contributed by atoms with Crippen LogP contribution in [0.1, 0.15) is 18.4 Å². The van der Waals surface area contributed by atoms with Crippen LogP contribution in [-0.4, -0.2) is 23.9 Å². The van der Waals surface area contributed by atoms with Gasteiger partial charge in [0.1, 0.15) is 5.03 Å². The molecule has 0 aliphatic heterocycles. The third-order valence-electron chi connectivity index (χ3n) is 3.21. The molecule has 2 aromatic heterocycles. The number of hydrogen-bond acceptors (Lipinski definition) is 6. The van der Waals surface area contributed by atoms with Gasteiger partial charge in [-0.3, -0.25) is 0 Å². The van der Waals surface area contributed by atoms with E-state index in [-0.39, 0.29) is 5.89 Å². The highest BCUT2D eigenvalue weighted by Crippen LogP contribution is 2.38. The Morgan fingerprint density at radius 2 is 2.28 bits per heavy atom. The molecule has 2 heterocycles. The molecule has 0 saturated heterocycles. The molecule has 0 amide bonds. The first kappa shape index (κ1) is 18.0. The number of ether oxygens (including phenoxy) is 2. The minimum absolute atomic E-state index is 0.258. The Morgan fingerprint density at radius 1 is 1.44 bits per heavy atom. The van der Waals surface area contributed by atoms with Crippen LogP contribution in [0.15, 0.2) is 38.6 Å². The van der Waals surface area contributed by atoms with Gasteiger partial charge in [0.15, 0.2) is 11.5 Å². The van der Waals surface area contributed by atoms with Gasteiger partial charge < -0.3 is 14.0 Å².